The molecule has 2 heterocycles. The van der Waals surface area contributed by atoms with E-state index < -0.39 is 0 Å². The third-order valence-electron chi connectivity index (χ3n) is 5.67. The first-order valence-electron chi connectivity index (χ1n) is 11.0. The average Bonchev–Trinajstić information content (AvgIpc) is 2.89. The predicted octanol–water partition coefficient (Wildman–Crippen LogP) is 6.39. The number of pyridine rings is 2. The standard InChI is InChI=1S/2C15H11NO/c2*17-15-10-13(11-6-2-1-3-7-11)12-8-4-5-9-14(12)16-15/h2*1-10H,(H,16,17). The first kappa shape index (κ1) is 21.2. The van der Waals surface area contributed by atoms with Gasteiger partial charge in [-0.2, -0.15) is 0 Å². The lowest BCUT2D eigenvalue weighted by Crippen LogP contribution is -2.04. The normalized spacial score (nSPS) is 10.6. The van der Waals surface area contributed by atoms with Gasteiger partial charge in [0.15, 0.2) is 0 Å². The molecule has 4 heteroatoms. The SMILES string of the molecule is O=c1cc(-c2ccccc2)c2ccccc2[nH]1.O=c1cc(-c2ccccc2)c2ccccc2[nH]1. The molecule has 4 nitrogen and oxygen atoms in total. The molecule has 0 unspecified atom stereocenters. The summed E-state index contributed by atoms with van der Waals surface area (Å²) in [6.45, 7) is 0. The number of H-pyrrole nitrogens is 2. The van der Waals surface area contributed by atoms with Crippen molar-refractivity contribution in [2.75, 3.05) is 0 Å². The zero-order valence-electron chi connectivity index (χ0n) is 18.4. The molecule has 6 rings (SSSR count). The van der Waals surface area contributed by atoms with E-state index in [1.165, 1.54) is 0 Å². The number of rotatable bonds is 2. The Morgan fingerprint density at radius 3 is 1.18 bits per heavy atom. The molecule has 34 heavy (non-hydrogen) atoms. The number of aromatic nitrogens is 2. The van der Waals surface area contributed by atoms with Crippen molar-refractivity contribution in [3.05, 3.63) is 142 Å². The van der Waals surface area contributed by atoms with Crippen LogP contribution >= 0.6 is 0 Å². The third-order valence-corrected chi connectivity index (χ3v) is 5.67. The van der Waals surface area contributed by atoms with E-state index >= 15 is 0 Å². The van der Waals surface area contributed by atoms with Crippen LogP contribution in [0.25, 0.3) is 44.1 Å². The second kappa shape index (κ2) is 9.43. The van der Waals surface area contributed by atoms with Gasteiger partial charge in [-0.05, 0) is 34.4 Å². The van der Waals surface area contributed by atoms with Crippen LogP contribution in [0.4, 0.5) is 0 Å². The van der Waals surface area contributed by atoms with E-state index in [-0.39, 0.29) is 11.1 Å². The van der Waals surface area contributed by atoms with Crippen molar-refractivity contribution in [2.24, 2.45) is 0 Å². The largest absolute Gasteiger partial charge is 0.322 e. The number of hydrogen-bond acceptors (Lipinski definition) is 2. The zero-order valence-corrected chi connectivity index (χ0v) is 18.4. The summed E-state index contributed by atoms with van der Waals surface area (Å²) >= 11 is 0. The number of benzene rings is 4. The fraction of sp³-hybridized carbons (Fsp3) is 0. The Bertz CT molecular complexity index is 1560. The summed E-state index contributed by atoms with van der Waals surface area (Å²) in [7, 11) is 0. The summed E-state index contributed by atoms with van der Waals surface area (Å²) in [4.78, 5) is 28.9. The fourth-order valence-corrected chi connectivity index (χ4v) is 4.12. The minimum atomic E-state index is -0.0671. The number of nitrogens with one attached hydrogen (secondary N) is 2. The maximum Gasteiger partial charge on any atom is 0.249 e. The second-order valence-corrected chi connectivity index (χ2v) is 7.92. The number of fused-ring (bicyclic) bond motifs is 2. The quantitative estimate of drug-likeness (QED) is 0.326. The van der Waals surface area contributed by atoms with Gasteiger partial charge in [0.1, 0.15) is 0 Å². The monoisotopic (exact) mass is 442 g/mol. The Hall–Kier alpha value is -4.70. The van der Waals surface area contributed by atoms with Gasteiger partial charge in [-0.25, -0.2) is 0 Å². The van der Waals surface area contributed by atoms with Crippen LogP contribution < -0.4 is 11.1 Å². The Morgan fingerprint density at radius 1 is 0.412 bits per heavy atom. The number of hydrogen-bond donors (Lipinski definition) is 2. The molecule has 0 saturated carbocycles. The van der Waals surface area contributed by atoms with Gasteiger partial charge in [-0.1, -0.05) is 97.1 Å². The van der Waals surface area contributed by atoms with Gasteiger partial charge >= 0.3 is 0 Å². The number of para-hydroxylation sites is 2. The smallest absolute Gasteiger partial charge is 0.249 e. The Kier molecular flexibility index (Phi) is 5.87. The van der Waals surface area contributed by atoms with Gasteiger partial charge in [-0.15, -0.1) is 0 Å². The summed E-state index contributed by atoms with van der Waals surface area (Å²) in [6, 6.07) is 38.9. The van der Waals surface area contributed by atoms with Crippen molar-refractivity contribution in [2.45, 2.75) is 0 Å². The molecule has 4 aromatic carbocycles. The minimum Gasteiger partial charge on any atom is -0.322 e. The molecule has 0 amide bonds. The lowest BCUT2D eigenvalue weighted by Gasteiger charge is -2.05. The molecule has 0 radical (unpaired) electrons. The highest BCUT2D eigenvalue weighted by Gasteiger charge is 2.05. The van der Waals surface area contributed by atoms with E-state index in [9.17, 15) is 9.59 Å². The van der Waals surface area contributed by atoms with Crippen LogP contribution in [-0.4, -0.2) is 9.97 Å². The predicted molar refractivity (Wildman–Crippen MR) is 140 cm³/mol. The first-order valence-corrected chi connectivity index (χ1v) is 11.0. The molecule has 2 aromatic heterocycles. The third kappa shape index (κ3) is 4.43. The zero-order chi connectivity index (χ0) is 23.3. The molecular weight excluding hydrogens is 420 g/mol. The lowest BCUT2D eigenvalue weighted by atomic mass is 10.0. The molecule has 164 valence electrons. The summed E-state index contributed by atoms with van der Waals surface area (Å²) in [5, 5.41) is 2.14. The molecule has 0 spiro atoms. The summed E-state index contributed by atoms with van der Waals surface area (Å²) in [5.74, 6) is 0. The van der Waals surface area contributed by atoms with Crippen molar-refractivity contribution in [1.29, 1.82) is 0 Å². The summed E-state index contributed by atoms with van der Waals surface area (Å²) in [6.07, 6.45) is 0. The van der Waals surface area contributed by atoms with Crippen LogP contribution in [0, 0.1) is 0 Å². The molecule has 0 aliphatic rings. The highest BCUT2D eigenvalue weighted by molar-refractivity contribution is 5.95. The first-order chi connectivity index (χ1) is 16.7. The van der Waals surface area contributed by atoms with Gasteiger partial charge in [-0.3, -0.25) is 9.59 Å². The van der Waals surface area contributed by atoms with E-state index in [2.05, 4.69) is 9.97 Å². The average molecular weight is 443 g/mol. The minimum absolute atomic E-state index is 0.0671. The summed E-state index contributed by atoms with van der Waals surface area (Å²) < 4.78 is 0. The van der Waals surface area contributed by atoms with Crippen LogP contribution in [0.1, 0.15) is 0 Å². The maximum atomic E-state index is 11.6. The van der Waals surface area contributed by atoms with Crippen molar-refractivity contribution < 1.29 is 0 Å². The van der Waals surface area contributed by atoms with Gasteiger partial charge in [0.25, 0.3) is 0 Å². The van der Waals surface area contributed by atoms with Gasteiger partial charge < -0.3 is 9.97 Å². The topological polar surface area (TPSA) is 65.7 Å². The van der Waals surface area contributed by atoms with Crippen molar-refractivity contribution >= 4 is 21.8 Å². The maximum absolute atomic E-state index is 11.6. The summed E-state index contributed by atoms with van der Waals surface area (Å²) in [5.41, 5.74) is 5.70. The van der Waals surface area contributed by atoms with Gasteiger partial charge in [0, 0.05) is 33.9 Å². The molecule has 6 aromatic rings. The molecule has 2 N–H and O–H groups in total. The van der Waals surface area contributed by atoms with Gasteiger partial charge in [0.05, 0.1) is 0 Å². The van der Waals surface area contributed by atoms with Crippen molar-refractivity contribution in [3.8, 4) is 22.3 Å². The molecule has 0 bridgehead atoms. The van der Waals surface area contributed by atoms with Crippen LogP contribution in [0.15, 0.2) is 131 Å². The molecular formula is C30H22N2O2. The lowest BCUT2D eigenvalue weighted by molar-refractivity contribution is 1.31. The van der Waals surface area contributed by atoms with Crippen LogP contribution in [0.3, 0.4) is 0 Å². The van der Waals surface area contributed by atoms with Crippen molar-refractivity contribution in [1.82, 2.24) is 9.97 Å². The Balaban J connectivity index is 0.000000142. The van der Waals surface area contributed by atoms with E-state index in [1.807, 2.05) is 109 Å². The van der Waals surface area contributed by atoms with E-state index in [0.29, 0.717) is 0 Å². The molecule has 0 atom stereocenters. The fourth-order valence-electron chi connectivity index (χ4n) is 4.12. The van der Waals surface area contributed by atoms with E-state index in [1.54, 1.807) is 12.1 Å². The van der Waals surface area contributed by atoms with Crippen LogP contribution in [0.2, 0.25) is 0 Å². The molecule has 0 saturated heterocycles. The highest BCUT2D eigenvalue weighted by atomic mass is 16.1. The van der Waals surface area contributed by atoms with Crippen molar-refractivity contribution in [3.63, 3.8) is 0 Å². The molecule has 0 aliphatic heterocycles. The molecule has 0 aliphatic carbocycles. The highest BCUT2D eigenvalue weighted by Crippen LogP contribution is 2.26. The van der Waals surface area contributed by atoms with Crippen LogP contribution in [-0.2, 0) is 0 Å². The number of aromatic amines is 2. The van der Waals surface area contributed by atoms with Crippen LogP contribution in [0.5, 0.6) is 0 Å². The molecule has 0 fully saturated rings. The Morgan fingerprint density at radius 2 is 0.765 bits per heavy atom. The Labute approximate surface area is 196 Å². The van der Waals surface area contributed by atoms with E-state index in [0.717, 1.165) is 44.1 Å². The van der Waals surface area contributed by atoms with Gasteiger partial charge in [0.2, 0.25) is 11.1 Å². The van der Waals surface area contributed by atoms with E-state index in [4.69, 9.17) is 0 Å². The second-order valence-electron chi connectivity index (χ2n) is 7.92.